The van der Waals surface area contributed by atoms with Crippen LogP contribution >= 0.6 is 0 Å². The number of urea groups is 1. The summed E-state index contributed by atoms with van der Waals surface area (Å²) in [5.74, 6) is 2.22. The van der Waals surface area contributed by atoms with E-state index in [1.54, 1.807) is 12.1 Å². The molecule has 1 unspecified atom stereocenters. The van der Waals surface area contributed by atoms with E-state index in [1.165, 1.54) is 21.3 Å². The maximum absolute atomic E-state index is 12.1. The highest BCUT2D eigenvalue weighted by Crippen LogP contribution is 2.39. The van der Waals surface area contributed by atoms with E-state index in [4.69, 9.17) is 14.2 Å². The first-order valence-corrected chi connectivity index (χ1v) is 7.41. The van der Waals surface area contributed by atoms with E-state index in [0.717, 1.165) is 18.7 Å². The number of aliphatic imine (C=N–C) groups is 1. The fourth-order valence-electron chi connectivity index (χ4n) is 2.52. The number of carbonyl (C=O) groups is 1. The standard InChI is InChI=1S/C16H23N3O4/c1-10-6-7-14(19(10)2)18-16(20)17-11-8-12(21-3)15(23-5)13(9-11)22-4/h8-10H,6-7H2,1-5H3,(H,17,20). The maximum Gasteiger partial charge on any atom is 0.347 e. The van der Waals surface area contributed by atoms with Gasteiger partial charge in [-0.1, -0.05) is 0 Å². The largest absolute Gasteiger partial charge is 0.493 e. The number of likely N-dealkylation sites (tertiary alicyclic amines) is 1. The van der Waals surface area contributed by atoms with Gasteiger partial charge in [-0.15, -0.1) is 0 Å². The normalized spacial score (nSPS) is 18.9. The van der Waals surface area contributed by atoms with Crippen LogP contribution in [0, 0.1) is 0 Å². The van der Waals surface area contributed by atoms with E-state index >= 15 is 0 Å². The van der Waals surface area contributed by atoms with Crippen LogP contribution < -0.4 is 19.5 Å². The molecule has 0 aromatic heterocycles. The van der Waals surface area contributed by atoms with Crippen molar-refractivity contribution >= 4 is 17.6 Å². The third kappa shape index (κ3) is 3.67. The van der Waals surface area contributed by atoms with Gasteiger partial charge in [-0.3, -0.25) is 0 Å². The molecule has 1 saturated heterocycles. The van der Waals surface area contributed by atoms with Gasteiger partial charge >= 0.3 is 6.03 Å². The number of benzene rings is 1. The Hall–Kier alpha value is -2.44. The maximum atomic E-state index is 12.1. The molecule has 2 rings (SSSR count). The Labute approximate surface area is 136 Å². The number of hydrogen-bond donors (Lipinski definition) is 1. The van der Waals surface area contributed by atoms with Crippen LogP contribution in [0.25, 0.3) is 0 Å². The second-order valence-corrected chi connectivity index (χ2v) is 5.37. The van der Waals surface area contributed by atoms with E-state index in [0.29, 0.717) is 29.0 Å². The second kappa shape index (κ2) is 7.21. The molecular weight excluding hydrogens is 298 g/mol. The van der Waals surface area contributed by atoms with Crippen LogP contribution in [0.5, 0.6) is 17.2 Å². The summed E-state index contributed by atoms with van der Waals surface area (Å²) in [6, 6.07) is 3.32. The number of anilines is 1. The number of nitrogens with zero attached hydrogens (tertiary/aromatic N) is 2. The first-order valence-electron chi connectivity index (χ1n) is 7.41. The van der Waals surface area contributed by atoms with Crippen LogP contribution in [-0.2, 0) is 0 Å². The van der Waals surface area contributed by atoms with Crippen molar-refractivity contribution in [3.8, 4) is 17.2 Å². The molecule has 1 heterocycles. The lowest BCUT2D eigenvalue weighted by Gasteiger charge is -2.17. The van der Waals surface area contributed by atoms with Crippen molar-refractivity contribution in [2.24, 2.45) is 4.99 Å². The quantitative estimate of drug-likeness (QED) is 0.923. The van der Waals surface area contributed by atoms with Crippen LogP contribution in [0.4, 0.5) is 10.5 Å². The minimum atomic E-state index is -0.421. The van der Waals surface area contributed by atoms with Crippen molar-refractivity contribution in [3.05, 3.63) is 12.1 Å². The van der Waals surface area contributed by atoms with E-state index in [1.807, 2.05) is 11.9 Å². The summed E-state index contributed by atoms with van der Waals surface area (Å²) in [7, 11) is 6.53. The highest BCUT2D eigenvalue weighted by molar-refractivity contribution is 6.00. The first kappa shape index (κ1) is 16.9. The molecule has 1 aromatic carbocycles. The summed E-state index contributed by atoms with van der Waals surface area (Å²) < 4.78 is 15.8. The molecule has 0 spiro atoms. The number of nitrogens with one attached hydrogen (secondary N) is 1. The number of amides is 2. The van der Waals surface area contributed by atoms with Crippen molar-refractivity contribution < 1.29 is 19.0 Å². The van der Waals surface area contributed by atoms with Gasteiger partial charge in [0, 0.05) is 31.6 Å². The van der Waals surface area contributed by atoms with Crippen LogP contribution in [0.1, 0.15) is 19.8 Å². The zero-order valence-electron chi connectivity index (χ0n) is 14.2. The Kier molecular flexibility index (Phi) is 5.31. The monoisotopic (exact) mass is 321 g/mol. The Morgan fingerprint density at radius 2 is 1.83 bits per heavy atom. The van der Waals surface area contributed by atoms with Gasteiger partial charge in [0.15, 0.2) is 11.5 Å². The second-order valence-electron chi connectivity index (χ2n) is 5.37. The summed E-state index contributed by atoms with van der Waals surface area (Å²) in [5, 5.41) is 2.74. The van der Waals surface area contributed by atoms with Crippen LogP contribution in [-0.4, -0.2) is 51.2 Å². The highest BCUT2D eigenvalue weighted by atomic mass is 16.5. The first-order chi connectivity index (χ1) is 11.0. The van der Waals surface area contributed by atoms with Crippen molar-refractivity contribution in [2.45, 2.75) is 25.8 Å². The molecule has 2 amide bonds. The molecule has 1 N–H and O–H groups in total. The van der Waals surface area contributed by atoms with Crippen molar-refractivity contribution in [1.82, 2.24) is 4.90 Å². The lowest BCUT2D eigenvalue weighted by Crippen LogP contribution is -2.27. The average molecular weight is 321 g/mol. The van der Waals surface area contributed by atoms with Crippen molar-refractivity contribution in [2.75, 3.05) is 33.7 Å². The van der Waals surface area contributed by atoms with Gasteiger partial charge < -0.3 is 24.4 Å². The molecule has 7 heteroatoms. The number of rotatable bonds is 4. The van der Waals surface area contributed by atoms with E-state index in [2.05, 4.69) is 17.2 Å². The summed E-state index contributed by atoms with van der Waals surface area (Å²) >= 11 is 0. The van der Waals surface area contributed by atoms with Crippen LogP contribution in [0.15, 0.2) is 17.1 Å². The van der Waals surface area contributed by atoms with Crippen LogP contribution in [0.3, 0.4) is 0 Å². The van der Waals surface area contributed by atoms with Crippen LogP contribution in [0.2, 0.25) is 0 Å². The van der Waals surface area contributed by atoms with Gasteiger partial charge in [0.1, 0.15) is 5.84 Å². The summed E-state index contributed by atoms with van der Waals surface area (Å²) in [6.07, 6.45) is 1.81. The molecule has 0 aliphatic carbocycles. The smallest absolute Gasteiger partial charge is 0.347 e. The van der Waals surface area contributed by atoms with E-state index < -0.39 is 6.03 Å². The lowest BCUT2D eigenvalue weighted by molar-refractivity contribution is 0.259. The molecule has 1 aromatic rings. The van der Waals surface area contributed by atoms with Crippen molar-refractivity contribution in [1.29, 1.82) is 0 Å². The molecule has 1 aliphatic rings. The summed E-state index contributed by atoms with van der Waals surface area (Å²) in [5.41, 5.74) is 0.530. The van der Waals surface area contributed by atoms with Gasteiger partial charge in [-0.2, -0.15) is 4.99 Å². The number of hydrogen-bond acceptors (Lipinski definition) is 4. The number of carbonyl (C=O) groups excluding carboxylic acids is 1. The Bertz CT molecular complexity index is 590. The van der Waals surface area contributed by atoms with E-state index in [-0.39, 0.29) is 0 Å². The lowest BCUT2D eigenvalue weighted by atomic mass is 10.2. The molecule has 0 bridgehead atoms. The summed E-state index contributed by atoms with van der Waals surface area (Å²) in [6.45, 7) is 2.11. The zero-order valence-corrected chi connectivity index (χ0v) is 14.2. The zero-order chi connectivity index (χ0) is 17.0. The molecule has 1 aliphatic heterocycles. The molecular formula is C16H23N3O4. The fourth-order valence-corrected chi connectivity index (χ4v) is 2.52. The van der Waals surface area contributed by atoms with Gasteiger partial charge in [0.05, 0.1) is 27.0 Å². The molecule has 23 heavy (non-hydrogen) atoms. The fraction of sp³-hybridized carbons (Fsp3) is 0.500. The van der Waals surface area contributed by atoms with Gasteiger partial charge in [-0.25, -0.2) is 4.79 Å². The highest BCUT2D eigenvalue weighted by Gasteiger charge is 2.23. The molecule has 1 fully saturated rings. The number of methoxy groups -OCH3 is 3. The minimum absolute atomic E-state index is 0.405. The van der Waals surface area contributed by atoms with E-state index in [9.17, 15) is 4.79 Å². The number of ether oxygens (including phenoxy) is 3. The Morgan fingerprint density at radius 3 is 2.26 bits per heavy atom. The molecule has 1 atom stereocenters. The predicted molar refractivity (Wildman–Crippen MR) is 89.0 cm³/mol. The third-order valence-electron chi connectivity index (χ3n) is 4.00. The molecule has 126 valence electrons. The minimum Gasteiger partial charge on any atom is -0.493 e. The third-order valence-corrected chi connectivity index (χ3v) is 4.00. The predicted octanol–water partition coefficient (Wildman–Crippen LogP) is 2.76. The SMILES string of the molecule is COc1cc(NC(=O)N=C2CCC(C)N2C)cc(OC)c1OC. The molecule has 0 saturated carbocycles. The molecule has 0 radical (unpaired) electrons. The van der Waals surface area contributed by atoms with Crippen molar-refractivity contribution in [3.63, 3.8) is 0 Å². The van der Waals surface area contributed by atoms with Gasteiger partial charge in [0.25, 0.3) is 0 Å². The van der Waals surface area contributed by atoms with Gasteiger partial charge in [-0.05, 0) is 13.3 Å². The number of amidine groups is 1. The Balaban J connectivity index is 2.20. The van der Waals surface area contributed by atoms with Gasteiger partial charge in [0.2, 0.25) is 5.75 Å². The Morgan fingerprint density at radius 1 is 1.22 bits per heavy atom. The average Bonchev–Trinajstić information content (AvgIpc) is 2.85. The molecule has 7 nitrogen and oxygen atoms in total. The topological polar surface area (TPSA) is 72.4 Å². The summed E-state index contributed by atoms with van der Waals surface area (Å²) in [4.78, 5) is 18.3.